The van der Waals surface area contributed by atoms with Gasteiger partial charge in [-0.05, 0) is 98.8 Å². The maximum Gasteiger partial charge on any atom is 0.306 e. The van der Waals surface area contributed by atoms with Crippen LogP contribution in [-0.2, 0) is 9.53 Å². The van der Waals surface area contributed by atoms with Gasteiger partial charge in [0.25, 0.3) is 5.91 Å². The van der Waals surface area contributed by atoms with E-state index < -0.39 is 5.60 Å². The number of rotatable bonds is 8. The molecule has 5 rings (SSSR count). The van der Waals surface area contributed by atoms with Crippen LogP contribution in [0.4, 0.5) is 0 Å². The van der Waals surface area contributed by atoms with E-state index in [0.29, 0.717) is 34.1 Å². The van der Waals surface area contributed by atoms with Crippen LogP contribution in [0.2, 0.25) is 10.0 Å². The number of amides is 1. The predicted molar refractivity (Wildman–Crippen MR) is 177 cm³/mol. The third-order valence-electron chi connectivity index (χ3n) is 7.98. The van der Waals surface area contributed by atoms with Gasteiger partial charge in [-0.3, -0.25) is 14.4 Å². The van der Waals surface area contributed by atoms with Gasteiger partial charge in [0.1, 0.15) is 5.60 Å². The molecule has 5 nitrogen and oxygen atoms in total. The largest absolute Gasteiger partial charge is 0.460 e. The molecule has 2 atom stereocenters. The molecule has 1 heterocycles. The standard InChI is InChI=1S/C37H37Cl2NO4/c1-23-8-9-27-17-28(15-14-26(27)16-23)33-20-30(29-18-31(38)21-32(39)19-29)22-40(33)36(43)25-12-10-24(11-13-25)34(41)6-5-7-35(42)44-37(2,3)4/h8-19,21,30,33H,5-7,20,22H2,1-4H3/t30-,33-/m1/s1. The minimum absolute atomic E-state index is 0.0553. The summed E-state index contributed by atoms with van der Waals surface area (Å²) in [6.45, 7) is 8.04. The highest BCUT2D eigenvalue weighted by Crippen LogP contribution is 2.43. The number of esters is 1. The summed E-state index contributed by atoms with van der Waals surface area (Å²) in [7, 11) is 0. The van der Waals surface area contributed by atoms with Gasteiger partial charge >= 0.3 is 5.97 Å². The summed E-state index contributed by atoms with van der Waals surface area (Å²) in [5, 5.41) is 3.43. The van der Waals surface area contributed by atoms with E-state index in [2.05, 4.69) is 43.3 Å². The van der Waals surface area contributed by atoms with Gasteiger partial charge in [-0.15, -0.1) is 0 Å². The summed E-state index contributed by atoms with van der Waals surface area (Å²) in [6, 6.07) is 25.0. The maximum atomic E-state index is 14.0. The molecule has 44 heavy (non-hydrogen) atoms. The maximum absolute atomic E-state index is 14.0. The number of likely N-dealkylation sites (tertiary alicyclic amines) is 1. The van der Waals surface area contributed by atoms with Crippen molar-refractivity contribution in [3.63, 3.8) is 0 Å². The van der Waals surface area contributed by atoms with Gasteiger partial charge < -0.3 is 9.64 Å². The predicted octanol–water partition coefficient (Wildman–Crippen LogP) is 9.52. The minimum atomic E-state index is -0.549. The first kappa shape index (κ1) is 31.7. The summed E-state index contributed by atoms with van der Waals surface area (Å²) < 4.78 is 5.32. The van der Waals surface area contributed by atoms with E-state index in [1.165, 1.54) is 5.56 Å². The Hall–Kier alpha value is -3.67. The summed E-state index contributed by atoms with van der Waals surface area (Å²) in [4.78, 5) is 40.7. The number of halogens is 2. The van der Waals surface area contributed by atoms with Gasteiger partial charge in [-0.1, -0.05) is 71.2 Å². The van der Waals surface area contributed by atoms with Gasteiger partial charge in [0.05, 0.1) is 6.04 Å². The molecular formula is C37H37Cl2NO4. The topological polar surface area (TPSA) is 63.7 Å². The van der Waals surface area contributed by atoms with E-state index in [0.717, 1.165) is 28.3 Å². The van der Waals surface area contributed by atoms with Gasteiger partial charge in [-0.25, -0.2) is 0 Å². The smallest absolute Gasteiger partial charge is 0.306 e. The molecule has 0 radical (unpaired) electrons. The number of benzene rings is 4. The number of ether oxygens (including phenoxy) is 1. The molecule has 0 spiro atoms. The second-order valence-corrected chi connectivity index (χ2v) is 13.5. The zero-order valence-electron chi connectivity index (χ0n) is 25.5. The highest BCUT2D eigenvalue weighted by Gasteiger charge is 2.37. The molecule has 0 N–H and O–H groups in total. The van der Waals surface area contributed by atoms with Crippen molar-refractivity contribution in [2.75, 3.05) is 6.54 Å². The molecule has 7 heteroatoms. The first-order valence-electron chi connectivity index (χ1n) is 15.0. The molecule has 0 unspecified atom stereocenters. The lowest BCUT2D eigenvalue weighted by molar-refractivity contribution is -0.154. The molecule has 1 amide bonds. The number of aryl methyl sites for hydroxylation is 1. The second kappa shape index (κ2) is 13.1. The first-order chi connectivity index (χ1) is 20.9. The molecule has 1 fully saturated rings. The second-order valence-electron chi connectivity index (χ2n) is 12.7. The molecule has 0 saturated carbocycles. The molecule has 228 valence electrons. The summed E-state index contributed by atoms with van der Waals surface area (Å²) in [5.41, 5.74) is 3.76. The molecule has 1 aliphatic rings. The molecule has 0 aromatic heterocycles. The van der Waals surface area contributed by atoms with E-state index in [1.807, 2.05) is 37.8 Å². The first-order valence-corrected chi connectivity index (χ1v) is 15.7. The van der Waals surface area contributed by atoms with Crippen molar-refractivity contribution < 1.29 is 19.1 Å². The molecule has 4 aromatic rings. The van der Waals surface area contributed by atoms with E-state index in [9.17, 15) is 14.4 Å². The van der Waals surface area contributed by atoms with Gasteiger partial charge in [-0.2, -0.15) is 0 Å². The summed E-state index contributed by atoms with van der Waals surface area (Å²) in [6.07, 6.45) is 1.55. The number of hydrogen-bond acceptors (Lipinski definition) is 4. The van der Waals surface area contributed by atoms with Crippen LogP contribution in [0.1, 0.15) is 95.8 Å². The number of fused-ring (bicyclic) bond motifs is 1. The molecule has 1 aliphatic heterocycles. The van der Waals surface area contributed by atoms with Gasteiger partial charge in [0.15, 0.2) is 5.78 Å². The summed E-state index contributed by atoms with van der Waals surface area (Å²) in [5.74, 6) is -0.430. The van der Waals surface area contributed by atoms with Gasteiger partial charge in [0.2, 0.25) is 0 Å². The van der Waals surface area contributed by atoms with Crippen molar-refractivity contribution in [1.82, 2.24) is 4.90 Å². The van der Waals surface area contributed by atoms with Crippen LogP contribution in [0.25, 0.3) is 10.8 Å². The number of carbonyl (C=O) groups is 3. The quantitative estimate of drug-likeness (QED) is 0.144. The fraction of sp³-hybridized carbons (Fsp3) is 0.324. The lowest BCUT2D eigenvalue weighted by Crippen LogP contribution is -2.31. The normalized spacial score (nSPS) is 16.7. The lowest BCUT2D eigenvalue weighted by Gasteiger charge is -2.25. The number of Topliss-reactive ketones (excluding diaryl/α,β-unsaturated/α-hetero) is 1. The van der Waals surface area contributed by atoms with E-state index in [-0.39, 0.29) is 42.5 Å². The molecular weight excluding hydrogens is 593 g/mol. The highest BCUT2D eigenvalue weighted by molar-refractivity contribution is 6.34. The Morgan fingerprint density at radius 2 is 1.43 bits per heavy atom. The van der Waals surface area contributed by atoms with E-state index in [4.69, 9.17) is 27.9 Å². The van der Waals surface area contributed by atoms with Crippen LogP contribution >= 0.6 is 23.2 Å². The zero-order valence-corrected chi connectivity index (χ0v) is 27.0. The van der Waals surface area contributed by atoms with Crippen LogP contribution in [0.15, 0.2) is 78.9 Å². The van der Waals surface area contributed by atoms with Crippen LogP contribution < -0.4 is 0 Å². The summed E-state index contributed by atoms with van der Waals surface area (Å²) >= 11 is 12.7. The Morgan fingerprint density at radius 3 is 2.11 bits per heavy atom. The Kier molecular flexibility index (Phi) is 9.48. The molecule has 0 aliphatic carbocycles. The highest BCUT2D eigenvalue weighted by atomic mass is 35.5. The Labute approximate surface area is 269 Å². The fourth-order valence-corrected chi connectivity index (χ4v) is 6.46. The number of hydrogen-bond donors (Lipinski definition) is 0. The van der Waals surface area contributed by atoms with Crippen LogP contribution in [0.3, 0.4) is 0 Å². The SMILES string of the molecule is Cc1ccc2cc([C@H]3C[C@@H](c4cc(Cl)cc(Cl)c4)CN3C(=O)c3ccc(C(=O)CCCC(=O)OC(C)(C)C)cc3)ccc2c1. The zero-order chi connectivity index (χ0) is 31.6. The van der Waals surface area contributed by atoms with Crippen molar-refractivity contribution in [3.05, 3.63) is 117 Å². The number of nitrogens with zero attached hydrogens (tertiary/aromatic N) is 1. The van der Waals surface area contributed by atoms with Crippen LogP contribution in [0.5, 0.6) is 0 Å². The van der Waals surface area contributed by atoms with Crippen molar-refractivity contribution in [2.45, 2.75) is 70.9 Å². The number of ketones is 1. The third-order valence-corrected chi connectivity index (χ3v) is 8.42. The van der Waals surface area contributed by atoms with Crippen molar-refractivity contribution in [1.29, 1.82) is 0 Å². The van der Waals surface area contributed by atoms with Crippen LogP contribution in [-0.4, -0.2) is 34.7 Å². The molecule has 1 saturated heterocycles. The average molecular weight is 631 g/mol. The Morgan fingerprint density at radius 1 is 0.795 bits per heavy atom. The van der Waals surface area contributed by atoms with Crippen molar-refractivity contribution in [3.8, 4) is 0 Å². The van der Waals surface area contributed by atoms with Gasteiger partial charge in [0, 0.05) is 46.5 Å². The number of carbonyl (C=O) groups excluding carboxylic acids is 3. The van der Waals surface area contributed by atoms with E-state index in [1.54, 1.807) is 30.3 Å². The van der Waals surface area contributed by atoms with Crippen molar-refractivity contribution in [2.24, 2.45) is 0 Å². The van der Waals surface area contributed by atoms with Crippen molar-refractivity contribution >= 4 is 51.6 Å². The molecule has 4 aromatic carbocycles. The lowest BCUT2D eigenvalue weighted by atomic mass is 9.93. The minimum Gasteiger partial charge on any atom is -0.460 e. The molecule has 0 bridgehead atoms. The third kappa shape index (κ3) is 7.69. The Balaban J connectivity index is 1.35. The Bertz CT molecular complexity index is 1690. The fourth-order valence-electron chi connectivity index (χ4n) is 5.91. The average Bonchev–Trinajstić information content (AvgIpc) is 3.41. The monoisotopic (exact) mass is 629 g/mol. The van der Waals surface area contributed by atoms with E-state index >= 15 is 0 Å². The van der Waals surface area contributed by atoms with Crippen LogP contribution in [0, 0.1) is 6.92 Å².